The highest BCUT2D eigenvalue weighted by molar-refractivity contribution is 7.12. The lowest BCUT2D eigenvalue weighted by Gasteiger charge is -2.11. The van der Waals surface area contributed by atoms with Gasteiger partial charge in [-0.1, -0.05) is 6.07 Å². The van der Waals surface area contributed by atoms with Crippen LogP contribution in [-0.2, 0) is 16.1 Å². The molecule has 2 aromatic heterocycles. The molecule has 0 saturated carbocycles. The molecule has 0 radical (unpaired) electrons. The minimum absolute atomic E-state index is 0.0121. The zero-order valence-corrected chi connectivity index (χ0v) is 14.5. The van der Waals surface area contributed by atoms with Crippen LogP contribution in [0.15, 0.2) is 23.6 Å². The van der Waals surface area contributed by atoms with E-state index in [4.69, 9.17) is 4.74 Å². The molecule has 0 aliphatic carbocycles. The Kier molecular flexibility index (Phi) is 5.75. The maximum absolute atomic E-state index is 12.0. The summed E-state index contributed by atoms with van der Waals surface area (Å²) in [6.45, 7) is 5.56. The van der Waals surface area contributed by atoms with Crippen LogP contribution in [0, 0.1) is 13.8 Å². The highest BCUT2D eigenvalue weighted by atomic mass is 32.1. The molecule has 0 aliphatic heterocycles. The number of aromatic nitrogens is 1. The summed E-state index contributed by atoms with van der Waals surface area (Å²) >= 11 is 1.28. The zero-order chi connectivity index (χ0) is 17.7. The van der Waals surface area contributed by atoms with E-state index in [0.29, 0.717) is 16.1 Å². The van der Waals surface area contributed by atoms with E-state index in [0.717, 1.165) is 5.69 Å². The molecular formula is C16H19N3O4S. The molecule has 0 atom stereocenters. The second-order valence-corrected chi connectivity index (χ2v) is 6.02. The molecule has 128 valence electrons. The molecule has 7 nitrogen and oxygen atoms in total. The number of amides is 2. The lowest BCUT2D eigenvalue weighted by atomic mass is 10.2. The van der Waals surface area contributed by atoms with E-state index < -0.39 is 11.9 Å². The first-order valence-corrected chi connectivity index (χ1v) is 8.28. The standard InChI is InChI=1S/C16H19N3O4S/c1-4-23-16(22)12-8-10(2)19(11(12)3)9-14(20)17-18-15(21)13-6-5-7-24-13/h5-8H,4,9H2,1-3H3,(H,17,20)(H,18,21). The number of hydrogen-bond donors (Lipinski definition) is 2. The van der Waals surface area contributed by atoms with Gasteiger partial charge in [-0.3, -0.25) is 20.4 Å². The monoisotopic (exact) mass is 349 g/mol. The summed E-state index contributed by atoms with van der Waals surface area (Å²) in [7, 11) is 0. The lowest BCUT2D eigenvalue weighted by molar-refractivity contribution is -0.122. The van der Waals surface area contributed by atoms with Gasteiger partial charge in [0.15, 0.2) is 0 Å². The molecular weight excluding hydrogens is 330 g/mol. The van der Waals surface area contributed by atoms with Gasteiger partial charge in [0.05, 0.1) is 17.0 Å². The van der Waals surface area contributed by atoms with Crippen molar-refractivity contribution in [3.05, 3.63) is 45.4 Å². The minimum atomic E-state index is -0.414. The van der Waals surface area contributed by atoms with E-state index >= 15 is 0 Å². The number of nitrogens with zero attached hydrogens (tertiary/aromatic N) is 1. The van der Waals surface area contributed by atoms with E-state index in [2.05, 4.69) is 10.9 Å². The third-order valence-corrected chi connectivity index (χ3v) is 4.30. The highest BCUT2D eigenvalue weighted by Crippen LogP contribution is 2.16. The number of esters is 1. The summed E-state index contributed by atoms with van der Waals surface area (Å²) in [6.07, 6.45) is 0. The van der Waals surface area contributed by atoms with Gasteiger partial charge in [0, 0.05) is 11.4 Å². The molecule has 2 aromatic rings. The maximum Gasteiger partial charge on any atom is 0.339 e. The normalized spacial score (nSPS) is 10.3. The first-order valence-electron chi connectivity index (χ1n) is 7.40. The van der Waals surface area contributed by atoms with Crippen molar-refractivity contribution in [2.75, 3.05) is 6.61 Å². The average Bonchev–Trinajstić information content (AvgIpc) is 3.17. The predicted octanol–water partition coefficient (Wildman–Crippen LogP) is 1.80. The van der Waals surface area contributed by atoms with Crippen LogP contribution in [0.1, 0.15) is 38.3 Å². The van der Waals surface area contributed by atoms with Crippen LogP contribution >= 0.6 is 11.3 Å². The maximum atomic E-state index is 12.0. The Labute approximate surface area is 143 Å². The van der Waals surface area contributed by atoms with Crippen LogP contribution in [0.2, 0.25) is 0 Å². The molecule has 2 amide bonds. The third-order valence-electron chi connectivity index (χ3n) is 3.43. The Morgan fingerprint density at radius 3 is 2.62 bits per heavy atom. The fourth-order valence-corrected chi connectivity index (χ4v) is 2.86. The van der Waals surface area contributed by atoms with Crippen molar-refractivity contribution in [3.8, 4) is 0 Å². The van der Waals surface area contributed by atoms with Crippen molar-refractivity contribution in [2.45, 2.75) is 27.3 Å². The summed E-state index contributed by atoms with van der Waals surface area (Å²) in [5, 5.41) is 1.78. The molecule has 0 spiro atoms. The first kappa shape index (κ1) is 17.7. The number of thiophene rings is 1. The Morgan fingerprint density at radius 1 is 1.25 bits per heavy atom. The van der Waals surface area contributed by atoms with Crippen LogP contribution in [0.25, 0.3) is 0 Å². The summed E-state index contributed by atoms with van der Waals surface area (Å²) in [5.41, 5.74) is 6.57. The topological polar surface area (TPSA) is 89.4 Å². The largest absolute Gasteiger partial charge is 0.462 e. The predicted molar refractivity (Wildman–Crippen MR) is 89.8 cm³/mol. The Balaban J connectivity index is 1.99. The molecule has 0 aliphatic rings. The number of carbonyl (C=O) groups excluding carboxylic acids is 3. The van der Waals surface area contributed by atoms with Gasteiger partial charge in [0.25, 0.3) is 11.8 Å². The number of nitrogens with one attached hydrogen (secondary N) is 2. The van der Waals surface area contributed by atoms with Gasteiger partial charge in [0.1, 0.15) is 6.54 Å². The second kappa shape index (κ2) is 7.78. The molecule has 8 heteroatoms. The van der Waals surface area contributed by atoms with Crippen molar-refractivity contribution in [1.82, 2.24) is 15.4 Å². The van der Waals surface area contributed by atoms with E-state index in [1.54, 1.807) is 48.9 Å². The van der Waals surface area contributed by atoms with Gasteiger partial charge in [0.2, 0.25) is 0 Å². The van der Waals surface area contributed by atoms with Crippen molar-refractivity contribution < 1.29 is 19.1 Å². The molecule has 2 rings (SSSR count). The van der Waals surface area contributed by atoms with E-state index in [1.807, 2.05) is 0 Å². The number of hydrazine groups is 1. The van der Waals surface area contributed by atoms with Gasteiger partial charge in [-0.15, -0.1) is 11.3 Å². The number of rotatable bonds is 5. The molecule has 24 heavy (non-hydrogen) atoms. The summed E-state index contributed by atoms with van der Waals surface area (Å²) in [6, 6.07) is 5.10. The molecule has 0 aromatic carbocycles. The van der Waals surface area contributed by atoms with Crippen LogP contribution in [0.3, 0.4) is 0 Å². The molecule has 0 fully saturated rings. The van der Waals surface area contributed by atoms with Gasteiger partial charge in [-0.05, 0) is 38.3 Å². The number of carbonyl (C=O) groups is 3. The number of ether oxygens (including phenoxy) is 1. The quantitative estimate of drug-likeness (QED) is 0.636. The minimum Gasteiger partial charge on any atom is -0.462 e. The smallest absolute Gasteiger partial charge is 0.339 e. The summed E-state index contributed by atoms with van der Waals surface area (Å²) < 4.78 is 6.69. The van der Waals surface area contributed by atoms with Crippen molar-refractivity contribution in [3.63, 3.8) is 0 Å². The van der Waals surface area contributed by atoms with E-state index in [1.165, 1.54) is 11.3 Å². The Bertz CT molecular complexity index is 750. The first-order chi connectivity index (χ1) is 11.4. The van der Waals surface area contributed by atoms with Crippen LogP contribution in [0.5, 0.6) is 0 Å². The van der Waals surface area contributed by atoms with Gasteiger partial charge in [-0.2, -0.15) is 0 Å². The van der Waals surface area contributed by atoms with Crippen LogP contribution in [-0.4, -0.2) is 29.0 Å². The number of hydrogen-bond acceptors (Lipinski definition) is 5. The fraction of sp³-hybridized carbons (Fsp3) is 0.312. The van der Waals surface area contributed by atoms with Crippen LogP contribution in [0.4, 0.5) is 0 Å². The van der Waals surface area contributed by atoms with Crippen molar-refractivity contribution in [1.29, 1.82) is 0 Å². The molecule has 0 bridgehead atoms. The summed E-state index contributed by atoms with van der Waals surface area (Å²) in [5.74, 6) is -1.17. The van der Waals surface area contributed by atoms with Crippen molar-refractivity contribution >= 4 is 29.1 Å². The van der Waals surface area contributed by atoms with Crippen molar-refractivity contribution in [2.24, 2.45) is 0 Å². The van der Waals surface area contributed by atoms with E-state index in [9.17, 15) is 14.4 Å². The van der Waals surface area contributed by atoms with Gasteiger partial charge in [-0.25, -0.2) is 4.79 Å². The Morgan fingerprint density at radius 2 is 2.00 bits per heavy atom. The summed E-state index contributed by atoms with van der Waals surface area (Å²) in [4.78, 5) is 36.2. The van der Waals surface area contributed by atoms with E-state index in [-0.39, 0.29) is 19.1 Å². The van der Waals surface area contributed by atoms with Crippen LogP contribution < -0.4 is 10.9 Å². The number of aryl methyl sites for hydroxylation is 1. The lowest BCUT2D eigenvalue weighted by Crippen LogP contribution is -2.43. The molecule has 2 heterocycles. The fourth-order valence-electron chi connectivity index (χ4n) is 2.24. The average molecular weight is 349 g/mol. The molecule has 0 unspecified atom stereocenters. The second-order valence-electron chi connectivity index (χ2n) is 5.07. The zero-order valence-electron chi connectivity index (χ0n) is 13.7. The third kappa shape index (κ3) is 4.02. The highest BCUT2D eigenvalue weighted by Gasteiger charge is 2.18. The van der Waals surface area contributed by atoms with Gasteiger partial charge < -0.3 is 9.30 Å². The Hall–Kier alpha value is -2.61. The molecule has 2 N–H and O–H groups in total. The SMILES string of the molecule is CCOC(=O)c1cc(C)n(CC(=O)NNC(=O)c2cccs2)c1C. The molecule has 0 saturated heterocycles. The van der Waals surface area contributed by atoms with Gasteiger partial charge >= 0.3 is 5.97 Å².